The van der Waals surface area contributed by atoms with Crippen molar-refractivity contribution in [2.24, 2.45) is 5.73 Å². The van der Waals surface area contributed by atoms with Crippen molar-refractivity contribution in [3.8, 4) is 0 Å². The monoisotopic (exact) mass is 134 g/mol. The molecule has 52 valence electrons. The summed E-state index contributed by atoms with van der Waals surface area (Å²) in [4.78, 5) is 19.9. The Labute approximate surface area is 52.5 Å². The molecule has 0 amide bonds. The lowest BCUT2D eigenvalue weighted by Crippen LogP contribution is -2.32. The summed E-state index contributed by atoms with van der Waals surface area (Å²) in [6, 6.07) is -1.66. The standard InChI is InChI=1S/C4H7NO4/c5-2(4(8)9)1-3(6)7/h2H,1,5H2,(H,6,7)(H,8,9)/t2-/m0/s1/i1D/t1?,2-. The number of hydrogen-bond acceptors (Lipinski definition) is 3. The fourth-order valence-corrected chi connectivity index (χ4v) is 0.225. The largest absolute Gasteiger partial charge is 0.481 e. The van der Waals surface area contributed by atoms with Crippen molar-refractivity contribution in [2.45, 2.75) is 12.4 Å². The van der Waals surface area contributed by atoms with Crippen molar-refractivity contribution >= 4 is 11.9 Å². The van der Waals surface area contributed by atoms with E-state index in [-0.39, 0.29) is 0 Å². The fourth-order valence-electron chi connectivity index (χ4n) is 0.225. The molecule has 0 aromatic carbocycles. The van der Waals surface area contributed by atoms with Gasteiger partial charge in [0, 0.05) is 1.37 Å². The molecule has 0 spiro atoms. The van der Waals surface area contributed by atoms with Crippen LogP contribution in [0.5, 0.6) is 0 Å². The van der Waals surface area contributed by atoms with Crippen LogP contribution in [-0.4, -0.2) is 28.2 Å². The second kappa shape index (κ2) is 3.03. The molecular weight excluding hydrogens is 126 g/mol. The van der Waals surface area contributed by atoms with Crippen molar-refractivity contribution in [3.63, 3.8) is 0 Å². The molecule has 1 unspecified atom stereocenters. The lowest BCUT2D eigenvalue weighted by Gasteiger charge is -1.99. The highest BCUT2D eigenvalue weighted by Gasteiger charge is 2.14. The van der Waals surface area contributed by atoms with Crippen molar-refractivity contribution in [3.05, 3.63) is 0 Å². The van der Waals surface area contributed by atoms with Crippen LogP contribution in [-0.2, 0) is 9.59 Å². The van der Waals surface area contributed by atoms with Crippen LogP contribution in [0.4, 0.5) is 0 Å². The van der Waals surface area contributed by atoms with E-state index in [1.54, 1.807) is 0 Å². The van der Waals surface area contributed by atoms with Gasteiger partial charge < -0.3 is 15.9 Å². The summed E-state index contributed by atoms with van der Waals surface area (Å²) in [5, 5.41) is 16.2. The molecule has 0 aliphatic carbocycles. The quantitative estimate of drug-likeness (QED) is 0.453. The predicted molar refractivity (Wildman–Crippen MR) is 27.9 cm³/mol. The van der Waals surface area contributed by atoms with Crippen LogP contribution in [0.25, 0.3) is 0 Å². The highest BCUT2D eigenvalue weighted by molar-refractivity contribution is 5.80. The molecule has 5 nitrogen and oxygen atoms in total. The number of carboxylic acid groups (broad SMARTS) is 2. The second-order valence-electron chi connectivity index (χ2n) is 1.37. The van der Waals surface area contributed by atoms with Gasteiger partial charge in [-0.3, -0.25) is 9.59 Å². The van der Waals surface area contributed by atoms with Gasteiger partial charge in [0.15, 0.2) is 0 Å². The number of aliphatic carboxylic acids is 2. The maximum atomic E-state index is 9.94. The van der Waals surface area contributed by atoms with Gasteiger partial charge in [-0.15, -0.1) is 0 Å². The van der Waals surface area contributed by atoms with Gasteiger partial charge in [-0.2, -0.15) is 0 Å². The van der Waals surface area contributed by atoms with Crippen LogP contribution >= 0.6 is 0 Å². The Bertz CT molecular complexity index is 141. The smallest absolute Gasteiger partial charge is 0.321 e. The molecule has 0 aromatic heterocycles. The van der Waals surface area contributed by atoms with E-state index in [0.29, 0.717) is 0 Å². The molecule has 0 heterocycles. The molecule has 0 saturated carbocycles. The van der Waals surface area contributed by atoms with E-state index < -0.39 is 24.4 Å². The normalized spacial score (nSPS) is 17.7. The number of nitrogens with two attached hydrogens (primary N) is 1. The van der Waals surface area contributed by atoms with E-state index in [1.807, 2.05) is 0 Å². The summed E-state index contributed by atoms with van der Waals surface area (Å²) in [6.07, 6.45) is -1.79. The minimum Gasteiger partial charge on any atom is -0.481 e. The zero-order chi connectivity index (χ0) is 8.31. The summed E-state index contributed by atoms with van der Waals surface area (Å²) in [7, 11) is 0. The van der Waals surface area contributed by atoms with Crippen LogP contribution in [0.2, 0.25) is 0 Å². The molecular formula is C4H7NO4. The zero-order valence-electron chi connectivity index (χ0n) is 5.44. The predicted octanol–water partition coefficient (Wildman–Crippen LogP) is -1.13. The first-order valence-electron chi connectivity index (χ1n) is 2.68. The van der Waals surface area contributed by atoms with Gasteiger partial charge in [0.2, 0.25) is 0 Å². The van der Waals surface area contributed by atoms with E-state index in [0.717, 1.165) is 0 Å². The van der Waals surface area contributed by atoms with Crippen molar-refractivity contribution in [1.29, 1.82) is 0 Å². The maximum Gasteiger partial charge on any atom is 0.321 e. The highest BCUT2D eigenvalue weighted by Crippen LogP contribution is 1.86. The van der Waals surface area contributed by atoms with Gasteiger partial charge >= 0.3 is 11.9 Å². The topological polar surface area (TPSA) is 101 Å². The number of hydrogen-bond donors (Lipinski definition) is 3. The van der Waals surface area contributed by atoms with E-state index in [4.69, 9.17) is 17.3 Å². The summed E-state index contributed by atoms with van der Waals surface area (Å²) >= 11 is 0. The Morgan fingerprint density at radius 1 is 1.67 bits per heavy atom. The van der Waals surface area contributed by atoms with Gasteiger partial charge in [0.25, 0.3) is 0 Å². The molecule has 0 radical (unpaired) electrons. The van der Waals surface area contributed by atoms with E-state index in [1.165, 1.54) is 0 Å². The number of carboxylic acids is 2. The van der Waals surface area contributed by atoms with Gasteiger partial charge in [-0.25, -0.2) is 0 Å². The Morgan fingerprint density at radius 2 is 2.11 bits per heavy atom. The summed E-state index contributed by atoms with van der Waals surface area (Å²) in [6.45, 7) is 0. The van der Waals surface area contributed by atoms with E-state index in [9.17, 15) is 9.59 Å². The summed E-state index contributed by atoms with van der Waals surface area (Å²) in [5.41, 5.74) is 4.79. The molecule has 0 aromatic rings. The van der Waals surface area contributed by atoms with Gasteiger partial charge in [-0.05, 0) is 0 Å². The average molecular weight is 134 g/mol. The Morgan fingerprint density at radius 3 is 2.22 bits per heavy atom. The van der Waals surface area contributed by atoms with E-state index >= 15 is 0 Å². The van der Waals surface area contributed by atoms with Crippen LogP contribution in [0.15, 0.2) is 0 Å². The third-order valence-corrected chi connectivity index (χ3v) is 0.607. The fraction of sp³-hybridized carbons (Fsp3) is 0.500. The van der Waals surface area contributed by atoms with Crippen molar-refractivity contribution < 1.29 is 21.2 Å². The lowest BCUT2D eigenvalue weighted by molar-refractivity contribution is -0.144. The van der Waals surface area contributed by atoms with E-state index in [2.05, 4.69) is 0 Å². The molecule has 5 heteroatoms. The average Bonchev–Trinajstić information content (AvgIpc) is 1.84. The molecule has 0 fully saturated rings. The lowest BCUT2D eigenvalue weighted by atomic mass is 10.2. The van der Waals surface area contributed by atoms with Crippen molar-refractivity contribution in [1.82, 2.24) is 0 Å². The summed E-state index contributed by atoms with van der Waals surface area (Å²) in [5.74, 6) is -3.02. The van der Waals surface area contributed by atoms with Crippen LogP contribution in [0.1, 0.15) is 7.77 Å². The molecule has 9 heavy (non-hydrogen) atoms. The minimum absolute atomic E-state index is 1.48. The molecule has 4 N–H and O–H groups in total. The van der Waals surface area contributed by atoms with Crippen LogP contribution in [0, 0.1) is 0 Å². The molecule has 2 atom stereocenters. The minimum atomic E-state index is -1.79. The number of rotatable bonds is 3. The molecule has 0 saturated heterocycles. The first kappa shape index (κ1) is 6.03. The summed E-state index contributed by atoms with van der Waals surface area (Å²) < 4.78 is 6.66. The highest BCUT2D eigenvalue weighted by atomic mass is 16.4. The van der Waals surface area contributed by atoms with Crippen LogP contribution in [0.3, 0.4) is 0 Å². The Hall–Kier alpha value is -1.10. The van der Waals surface area contributed by atoms with Gasteiger partial charge in [-0.1, -0.05) is 0 Å². The maximum absolute atomic E-state index is 9.94. The molecule has 0 aliphatic rings. The Balaban J connectivity index is 4.07. The Kier molecular flexibility index (Phi) is 2.03. The van der Waals surface area contributed by atoms with Gasteiger partial charge in [0.1, 0.15) is 6.04 Å². The van der Waals surface area contributed by atoms with Crippen molar-refractivity contribution in [2.75, 3.05) is 0 Å². The molecule has 0 aliphatic heterocycles. The first-order chi connectivity index (χ1) is 4.46. The SMILES string of the molecule is [2H]C(C(=O)O)[C@H](N)C(=O)O. The molecule has 0 rings (SSSR count). The molecule has 0 bridgehead atoms. The second-order valence-corrected chi connectivity index (χ2v) is 1.37. The zero-order valence-corrected chi connectivity index (χ0v) is 4.44. The van der Waals surface area contributed by atoms with Gasteiger partial charge in [0.05, 0.1) is 6.40 Å². The van der Waals surface area contributed by atoms with Crippen LogP contribution < -0.4 is 5.73 Å². The third kappa shape index (κ3) is 3.48. The first-order valence-corrected chi connectivity index (χ1v) is 2.10. The third-order valence-electron chi connectivity index (χ3n) is 0.607. The number of carbonyl (C=O) groups is 2.